The van der Waals surface area contributed by atoms with E-state index in [1.807, 2.05) is 47.9 Å². The molecule has 1 N–H and O–H groups in total. The largest absolute Gasteiger partial charge is 0.354 e. The van der Waals surface area contributed by atoms with Crippen molar-refractivity contribution in [3.8, 4) is 0 Å². The van der Waals surface area contributed by atoms with Crippen LogP contribution in [0.3, 0.4) is 0 Å². The van der Waals surface area contributed by atoms with Crippen molar-refractivity contribution in [2.24, 2.45) is 0 Å². The monoisotopic (exact) mass is 437 g/mol. The molecule has 0 radical (unpaired) electrons. The number of fused-ring (bicyclic) bond motifs is 3. The van der Waals surface area contributed by atoms with E-state index in [0.717, 1.165) is 24.8 Å². The van der Waals surface area contributed by atoms with Gasteiger partial charge in [-0.1, -0.05) is 37.3 Å². The second-order valence-electron chi connectivity index (χ2n) is 7.84. The molecular formula is C23H27N5O2S. The number of aromatic nitrogens is 4. The maximum Gasteiger partial charge on any atom is 0.272 e. The van der Waals surface area contributed by atoms with Gasteiger partial charge in [0, 0.05) is 25.4 Å². The first-order valence-corrected chi connectivity index (χ1v) is 11.6. The van der Waals surface area contributed by atoms with Crippen LogP contribution in [-0.4, -0.2) is 31.1 Å². The van der Waals surface area contributed by atoms with E-state index in [-0.39, 0.29) is 17.5 Å². The van der Waals surface area contributed by atoms with Gasteiger partial charge in [-0.15, -0.1) is 21.5 Å². The molecule has 1 atom stereocenters. The highest BCUT2D eigenvalue weighted by atomic mass is 32.1. The summed E-state index contributed by atoms with van der Waals surface area (Å²) in [7, 11) is 0. The molecule has 0 aliphatic heterocycles. The smallest absolute Gasteiger partial charge is 0.272 e. The Morgan fingerprint density at radius 3 is 2.74 bits per heavy atom. The van der Waals surface area contributed by atoms with Gasteiger partial charge in [-0.05, 0) is 43.2 Å². The average Bonchev–Trinajstić information content (AvgIpc) is 3.41. The molecule has 4 rings (SSSR count). The van der Waals surface area contributed by atoms with E-state index in [9.17, 15) is 9.59 Å². The van der Waals surface area contributed by atoms with Gasteiger partial charge in [0.1, 0.15) is 10.5 Å². The fourth-order valence-corrected chi connectivity index (χ4v) is 4.66. The molecule has 8 heteroatoms. The Labute approximate surface area is 184 Å². The number of carbonyl (C=O) groups excluding carboxylic acids is 1. The Hall–Kier alpha value is -3.00. The van der Waals surface area contributed by atoms with Crippen molar-refractivity contribution in [3.63, 3.8) is 0 Å². The van der Waals surface area contributed by atoms with E-state index in [1.54, 1.807) is 4.57 Å². The molecule has 3 aromatic heterocycles. The summed E-state index contributed by atoms with van der Waals surface area (Å²) in [5.74, 6) is 1.25. The number of hydrogen-bond acceptors (Lipinski definition) is 5. The van der Waals surface area contributed by atoms with E-state index >= 15 is 0 Å². The Morgan fingerprint density at radius 1 is 1.16 bits per heavy atom. The molecule has 4 aromatic rings. The number of nitrogens with zero attached hydrogens (tertiary/aromatic N) is 4. The molecule has 0 fully saturated rings. The van der Waals surface area contributed by atoms with E-state index < -0.39 is 0 Å². The van der Waals surface area contributed by atoms with Crippen molar-refractivity contribution in [2.75, 3.05) is 0 Å². The fourth-order valence-electron chi connectivity index (χ4n) is 3.84. The summed E-state index contributed by atoms with van der Waals surface area (Å²) in [5.41, 5.74) is 2.06. The normalized spacial score (nSPS) is 12.5. The Morgan fingerprint density at radius 2 is 1.97 bits per heavy atom. The van der Waals surface area contributed by atoms with Crippen molar-refractivity contribution >= 4 is 33.2 Å². The van der Waals surface area contributed by atoms with Crippen LogP contribution in [0, 0.1) is 0 Å². The van der Waals surface area contributed by atoms with Crippen LogP contribution in [-0.2, 0) is 24.2 Å². The van der Waals surface area contributed by atoms with Crippen molar-refractivity contribution in [1.29, 1.82) is 0 Å². The summed E-state index contributed by atoms with van der Waals surface area (Å²) in [6.07, 6.45) is 3.45. The number of hydrogen-bond donors (Lipinski definition) is 1. The third-order valence-electron chi connectivity index (χ3n) is 5.42. The van der Waals surface area contributed by atoms with Gasteiger partial charge in [-0.3, -0.25) is 18.6 Å². The highest BCUT2D eigenvalue weighted by Crippen LogP contribution is 2.20. The first-order chi connectivity index (χ1) is 15.1. The number of rotatable bonds is 9. The van der Waals surface area contributed by atoms with Gasteiger partial charge in [0.15, 0.2) is 0 Å². The van der Waals surface area contributed by atoms with Gasteiger partial charge in [0.05, 0.1) is 5.52 Å². The van der Waals surface area contributed by atoms with Gasteiger partial charge in [0.25, 0.3) is 5.56 Å². The van der Waals surface area contributed by atoms with E-state index in [2.05, 4.69) is 27.6 Å². The molecule has 7 nitrogen and oxygen atoms in total. The number of aryl methyl sites for hydroxylation is 3. The van der Waals surface area contributed by atoms with Gasteiger partial charge in [-0.2, -0.15) is 0 Å². The second kappa shape index (κ2) is 9.43. The standard InChI is InChI=1S/C23H27N5O2S/c1-3-14-27-22(30)21-18(13-15-31-21)28-19(25-26-23(27)28)11-12-20(29)24-16(2)9-10-17-7-5-4-6-8-17/h4-8,13,15-16H,3,9-12,14H2,1-2H3,(H,24,29). The number of thiophene rings is 1. The zero-order chi connectivity index (χ0) is 21.8. The van der Waals surface area contributed by atoms with E-state index in [4.69, 9.17) is 0 Å². The van der Waals surface area contributed by atoms with Crippen molar-refractivity contribution in [2.45, 2.75) is 58.5 Å². The summed E-state index contributed by atoms with van der Waals surface area (Å²) < 4.78 is 4.30. The minimum Gasteiger partial charge on any atom is -0.354 e. The first kappa shape index (κ1) is 21.2. The van der Waals surface area contributed by atoms with Crippen LogP contribution in [0.25, 0.3) is 16.0 Å². The SMILES string of the molecule is CCCn1c(=O)c2sccc2n2c(CCC(=O)NC(C)CCc3ccccc3)nnc12. The number of benzene rings is 1. The van der Waals surface area contributed by atoms with Crippen LogP contribution in [0.5, 0.6) is 0 Å². The van der Waals surface area contributed by atoms with E-state index in [0.29, 0.717) is 35.7 Å². The summed E-state index contributed by atoms with van der Waals surface area (Å²) in [6, 6.07) is 12.3. The molecule has 0 aliphatic rings. The summed E-state index contributed by atoms with van der Waals surface area (Å²) in [6.45, 7) is 4.65. The van der Waals surface area contributed by atoms with Gasteiger partial charge in [-0.25, -0.2) is 0 Å². The van der Waals surface area contributed by atoms with Crippen LogP contribution < -0.4 is 10.9 Å². The van der Waals surface area contributed by atoms with Crippen molar-refractivity contribution in [1.82, 2.24) is 24.5 Å². The lowest BCUT2D eigenvalue weighted by atomic mass is 10.1. The van der Waals surface area contributed by atoms with Gasteiger partial charge in [0.2, 0.25) is 11.7 Å². The minimum absolute atomic E-state index is 0.000698. The Kier molecular flexibility index (Phi) is 6.46. The molecule has 3 heterocycles. The lowest BCUT2D eigenvalue weighted by Gasteiger charge is -2.14. The van der Waals surface area contributed by atoms with Crippen LogP contribution in [0.4, 0.5) is 0 Å². The highest BCUT2D eigenvalue weighted by Gasteiger charge is 2.18. The third-order valence-corrected chi connectivity index (χ3v) is 6.31. The van der Waals surface area contributed by atoms with Crippen LogP contribution >= 0.6 is 11.3 Å². The topological polar surface area (TPSA) is 81.3 Å². The van der Waals surface area contributed by atoms with Crippen LogP contribution in [0.1, 0.15) is 44.5 Å². The van der Waals surface area contributed by atoms with Gasteiger partial charge >= 0.3 is 0 Å². The molecule has 0 bridgehead atoms. The molecule has 1 amide bonds. The van der Waals surface area contributed by atoms with Crippen LogP contribution in [0.2, 0.25) is 0 Å². The number of nitrogens with one attached hydrogen (secondary N) is 1. The molecule has 1 aromatic carbocycles. The summed E-state index contributed by atoms with van der Waals surface area (Å²) in [5, 5.41) is 13.6. The molecule has 0 saturated heterocycles. The maximum atomic E-state index is 12.8. The third kappa shape index (κ3) is 4.54. The number of carbonyl (C=O) groups is 1. The van der Waals surface area contributed by atoms with Gasteiger partial charge < -0.3 is 5.32 Å². The number of amides is 1. The molecule has 0 spiro atoms. The first-order valence-electron chi connectivity index (χ1n) is 10.8. The summed E-state index contributed by atoms with van der Waals surface area (Å²) in [4.78, 5) is 25.3. The zero-order valence-electron chi connectivity index (χ0n) is 17.9. The molecule has 1 unspecified atom stereocenters. The minimum atomic E-state index is -0.0247. The van der Waals surface area contributed by atoms with Crippen molar-refractivity contribution in [3.05, 3.63) is 63.5 Å². The molecule has 0 aliphatic carbocycles. The molecular weight excluding hydrogens is 410 g/mol. The van der Waals surface area contributed by atoms with Crippen LogP contribution in [0.15, 0.2) is 46.6 Å². The quantitative estimate of drug-likeness (QED) is 0.434. The predicted molar refractivity (Wildman–Crippen MR) is 124 cm³/mol. The highest BCUT2D eigenvalue weighted by molar-refractivity contribution is 7.17. The van der Waals surface area contributed by atoms with Crippen molar-refractivity contribution < 1.29 is 4.79 Å². The molecule has 162 valence electrons. The zero-order valence-corrected chi connectivity index (χ0v) is 18.7. The Bertz CT molecular complexity index is 1240. The van der Waals surface area contributed by atoms with E-state index in [1.165, 1.54) is 16.9 Å². The summed E-state index contributed by atoms with van der Waals surface area (Å²) >= 11 is 1.43. The fraction of sp³-hybridized carbons (Fsp3) is 0.391. The average molecular weight is 438 g/mol. The lowest BCUT2D eigenvalue weighted by Crippen LogP contribution is -2.33. The molecule has 31 heavy (non-hydrogen) atoms. The maximum absolute atomic E-state index is 12.8. The predicted octanol–water partition coefficient (Wildman–Crippen LogP) is 3.59. The lowest BCUT2D eigenvalue weighted by molar-refractivity contribution is -0.121. The second-order valence-corrected chi connectivity index (χ2v) is 8.75. The Balaban J connectivity index is 1.44. The molecule has 0 saturated carbocycles.